The van der Waals surface area contributed by atoms with Crippen molar-refractivity contribution >= 4 is 29.2 Å². The number of guanidine groups is 1. The normalized spacial score (nSPS) is 19.7. The number of amides is 1. The average Bonchev–Trinajstić information content (AvgIpc) is 3.63. The van der Waals surface area contributed by atoms with Crippen LogP contribution in [0.3, 0.4) is 0 Å². The molecule has 1 aliphatic carbocycles. The van der Waals surface area contributed by atoms with Gasteiger partial charge in [-0.3, -0.25) is 19.6 Å². The van der Waals surface area contributed by atoms with Crippen LogP contribution in [0.15, 0.2) is 77.9 Å². The molecule has 0 radical (unpaired) electrons. The van der Waals surface area contributed by atoms with E-state index in [1.54, 1.807) is 18.0 Å². The lowest BCUT2D eigenvalue weighted by Crippen LogP contribution is -2.51. The van der Waals surface area contributed by atoms with E-state index in [0.29, 0.717) is 35.4 Å². The Morgan fingerprint density at radius 1 is 1.03 bits per heavy atom. The molecule has 0 saturated heterocycles. The Balaban J connectivity index is 1.29. The number of carbonyl (C=O) groups is 1. The van der Waals surface area contributed by atoms with Crippen molar-refractivity contribution < 1.29 is 9.18 Å². The van der Waals surface area contributed by atoms with Crippen molar-refractivity contribution in [1.82, 2.24) is 19.7 Å². The molecule has 2 aromatic heterocycles. The predicted octanol–water partition coefficient (Wildman–Crippen LogP) is 5.06. The molecular weight excluding hydrogens is 481 g/mol. The van der Waals surface area contributed by atoms with Crippen molar-refractivity contribution in [2.45, 2.75) is 37.9 Å². The molecule has 1 N–H and O–H groups in total. The van der Waals surface area contributed by atoms with E-state index in [9.17, 15) is 9.18 Å². The Labute approximate surface area is 219 Å². The minimum atomic E-state index is -0.359. The van der Waals surface area contributed by atoms with Crippen LogP contribution >= 0.6 is 0 Å². The molecule has 7 rings (SSSR count). The summed E-state index contributed by atoms with van der Waals surface area (Å²) in [5.41, 5.74) is 4.07. The number of anilines is 3. The summed E-state index contributed by atoms with van der Waals surface area (Å²) in [4.78, 5) is 26.6. The second-order valence-electron chi connectivity index (χ2n) is 9.98. The number of benzene rings is 2. The van der Waals surface area contributed by atoms with Crippen molar-refractivity contribution in [2.75, 3.05) is 17.3 Å². The van der Waals surface area contributed by atoms with E-state index in [1.165, 1.54) is 12.3 Å². The average molecular weight is 508 g/mol. The van der Waals surface area contributed by atoms with Crippen LogP contribution in [0.25, 0.3) is 11.3 Å². The van der Waals surface area contributed by atoms with Gasteiger partial charge in [-0.15, -0.1) is 0 Å². The third-order valence-corrected chi connectivity index (χ3v) is 7.60. The first-order valence-electron chi connectivity index (χ1n) is 12.9. The van der Waals surface area contributed by atoms with Crippen LogP contribution in [0.4, 0.5) is 21.7 Å². The minimum absolute atomic E-state index is 0.114. The molecule has 0 spiro atoms. The first kappa shape index (κ1) is 22.7. The molecule has 190 valence electrons. The number of nitrogens with one attached hydrogen (secondary N) is 1. The largest absolute Gasteiger partial charge is 0.340 e. The molecule has 2 aromatic carbocycles. The molecule has 4 heterocycles. The van der Waals surface area contributed by atoms with Gasteiger partial charge >= 0.3 is 0 Å². The van der Waals surface area contributed by atoms with Crippen molar-refractivity contribution in [2.24, 2.45) is 4.99 Å². The molecule has 0 unspecified atom stereocenters. The van der Waals surface area contributed by atoms with E-state index in [-0.39, 0.29) is 23.8 Å². The fourth-order valence-corrected chi connectivity index (χ4v) is 5.70. The van der Waals surface area contributed by atoms with Crippen molar-refractivity contribution in [1.29, 1.82) is 0 Å². The molecule has 38 heavy (non-hydrogen) atoms. The first-order chi connectivity index (χ1) is 18.6. The number of fused-ring (bicyclic) bond motifs is 5. The molecule has 1 saturated carbocycles. The van der Waals surface area contributed by atoms with Crippen LogP contribution in [-0.4, -0.2) is 50.7 Å². The summed E-state index contributed by atoms with van der Waals surface area (Å²) in [5.74, 6) is 1.56. The van der Waals surface area contributed by atoms with Gasteiger partial charge in [0.2, 0.25) is 5.96 Å². The monoisotopic (exact) mass is 507 g/mol. The summed E-state index contributed by atoms with van der Waals surface area (Å²) < 4.78 is 15.2. The number of para-hydroxylation sites is 1. The zero-order valence-corrected chi connectivity index (χ0v) is 20.9. The van der Waals surface area contributed by atoms with E-state index >= 15 is 0 Å². The second-order valence-corrected chi connectivity index (χ2v) is 9.98. The fourth-order valence-electron chi connectivity index (χ4n) is 5.70. The molecule has 1 fully saturated rings. The maximum Gasteiger partial charge on any atom is 0.267 e. The molecule has 2 atom stereocenters. The summed E-state index contributed by atoms with van der Waals surface area (Å²) in [6.07, 6.45) is 4.41. The van der Waals surface area contributed by atoms with Gasteiger partial charge in [-0.2, -0.15) is 5.10 Å². The maximum absolute atomic E-state index is 13.7. The van der Waals surface area contributed by atoms with Gasteiger partial charge in [0.05, 0.1) is 30.5 Å². The van der Waals surface area contributed by atoms with E-state index in [0.717, 1.165) is 36.1 Å². The lowest BCUT2D eigenvalue weighted by atomic mass is 10.1. The van der Waals surface area contributed by atoms with Crippen molar-refractivity contribution in [3.05, 3.63) is 89.9 Å². The number of halogens is 1. The van der Waals surface area contributed by atoms with Crippen LogP contribution in [0.5, 0.6) is 0 Å². The summed E-state index contributed by atoms with van der Waals surface area (Å²) >= 11 is 0. The van der Waals surface area contributed by atoms with Crippen LogP contribution in [0.1, 0.15) is 35.2 Å². The van der Waals surface area contributed by atoms with Gasteiger partial charge in [0.25, 0.3) is 5.91 Å². The number of pyridine rings is 1. The molecule has 9 heteroatoms. The first-order valence-corrected chi connectivity index (χ1v) is 12.9. The van der Waals surface area contributed by atoms with Gasteiger partial charge in [0.1, 0.15) is 17.2 Å². The Morgan fingerprint density at radius 3 is 2.61 bits per heavy atom. The van der Waals surface area contributed by atoms with Gasteiger partial charge in [-0.25, -0.2) is 14.1 Å². The van der Waals surface area contributed by atoms with Gasteiger partial charge < -0.3 is 5.32 Å². The van der Waals surface area contributed by atoms with Gasteiger partial charge in [0.15, 0.2) is 5.82 Å². The Morgan fingerprint density at radius 2 is 1.84 bits per heavy atom. The highest BCUT2D eigenvalue weighted by Crippen LogP contribution is 2.43. The third-order valence-electron chi connectivity index (χ3n) is 7.60. The highest BCUT2D eigenvalue weighted by atomic mass is 19.1. The van der Waals surface area contributed by atoms with Crippen LogP contribution in [0.2, 0.25) is 0 Å². The lowest BCUT2D eigenvalue weighted by Gasteiger charge is -2.34. The van der Waals surface area contributed by atoms with Crippen molar-refractivity contribution in [3.8, 4) is 11.3 Å². The summed E-state index contributed by atoms with van der Waals surface area (Å²) in [5, 5.41) is 8.49. The molecular formula is C29H26FN7O. The topological polar surface area (TPSA) is 78.7 Å². The Hall–Kier alpha value is -4.53. The zero-order chi connectivity index (χ0) is 25.8. The van der Waals surface area contributed by atoms with E-state index in [1.807, 2.05) is 59.3 Å². The number of aliphatic imine (C=N–C) groups is 1. The molecule has 8 nitrogen and oxygen atoms in total. The number of hydrogen-bond acceptors (Lipinski definition) is 6. The number of aromatic nitrogens is 3. The molecule has 2 aliphatic heterocycles. The van der Waals surface area contributed by atoms with Crippen LogP contribution in [-0.2, 0) is 6.54 Å². The molecule has 0 bridgehead atoms. The highest BCUT2D eigenvalue weighted by Gasteiger charge is 2.49. The zero-order valence-electron chi connectivity index (χ0n) is 20.9. The number of rotatable bonds is 5. The van der Waals surface area contributed by atoms with Crippen molar-refractivity contribution in [3.63, 3.8) is 0 Å². The highest BCUT2D eigenvalue weighted by molar-refractivity contribution is 6.21. The number of hydrogen-bond donors (Lipinski definition) is 1. The predicted molar refractivity (Wildman–Crippen MR) is 144 cm³/mol. The lowest BCUT2D eigenvalue weighted by molar-refractivity contribution is 0.0866. The SMILES string of the molecule is CN1C(=O)c2c(nn(Cc3ccc(-c4ccc(F)cn4)cc3)c2Nc2ccccc2)N2C1=N[C@@H]1CCC[C@@H]12. The minimum Gasteiger partial charge on any atom is -0.340 e. The third kappa shape index (κ3) is 3.65. The number of nitrogens with zero attached hydrogens (tertiary/aromatic N) is 6. The summed E-state index contributed by atoms with van der Waals surface area (Å²) in [6, 6.07) is 21.3. The van der Waals surface area contributed by atoms with E-state index < -0.39 is 0 Å². The maximum atomic E-state index is 13.7. The second kappa shape index (κ2) is 8.79. The molecule has 1 amide bonds. The number of carbonyl (C=O) groups excluding carboxylic acids is 1. The Bertz CT molecular complexity index is 1550. The Kier molecular flexibility index (Phi) is 5.24. The van der Waals surface area contributed by atoms with Gasteiger partial charge in [-0.1, -0.05) is 42.5 Å². The van der Waals surface area contributed by atoms with Gasteiger partial charge in [0, 0.05) is 18.3 Å². The summed E-state index contributed by atoms with van der Waals surface area (Å²) in [6.45, 7) is 0.463. The summed E-state index contributed by atoms with van der Waals surface area (Å²) in [7, 11) is 1.80. The fraction of sp³-hybridized carbons (Fsp3) is 0.241. The standard InChI is InChI=1S/C29H26FN7O/c1-35-28(38)25-26(32-21-6-3-2-4-7-21)36(34-27(25)37-24-9-5-8-23(24)33-29(35)37)17-18-10-12-19(13-11-18)22-15-14-20(30)16-31-22/h2-4,6-7,10-16,23-24,32H,5,8-9,17H2,1H3/t23-,24+/m1/s1. The smallest absolute Gasteiger partial charge is 0.267 e. The van der Waals surface area contributed by atoms with E-state index in [2.05, 4.69) is 15.2 Å². The van der Waals surface area contributed by atoms with E-state index in [4.69, 9.17) is 10.1 Å². The van der Waals surface area contributed by atoms with Crippen LogP contribution in [0, 0.1) is 5.82 Å². The van der Waals surface area contributed by atoms with Crippen LogP contribution < -0.4 is 10.2 Å². The quantitative estimate of drug-likeness (QED) is 0.409. The molecule has 3 aliphatic rings. The van der Waals surface area contributed by atoms with Gasteiger partial charge in [-0.05, 0) is 49.1 Å². The molecule has 4 aromatic rings.